The molecule has 1 aliphatic heterocycles. The first-order valence-corrected chi connectivity index (χ1v) is 8.51. The zero-order valence-electron chi connectivity index (χ0n) is 13.9. The predicted octanol–water partition coefficient (Wildman–Crippen LogP) is 5.02. The summed E-state index contributed by atoms with van der Waals surface area (Å²) in [6.07, 6.45) is 9.78. The fraction of sp³-hybridized carbons (Fsp3) is 0.941. The van der Waals surface area contributed by atoms with Crippen molar-refractivity contribution in [1.82, 2.24) is 4.90 Å². The van der Waals surface area contributed by atoms with Gasteiger partial charge in [0.15, 0.2) is 0 Å². The molecule has 1 saturated carbocycles. The average Bonchev–Trinajstić information content (AvgIpc) is 2.96. The largest absolute Gasteiger partial charge is 0.340 e. The third-order valence-corrected chi connectivity index (χ3v) is 3.79. The molecule has 1 atom stereocenters. The number of rotatable bonds is 1. The van der Waals surface area contributed by atoms with E-state index in [1.54, 1.807) is 0 Å². The maximum atomic E-state index is 12.1. The van der Waals surface area contributed by atoms with Crippen LogP contribution in [0.1, 0.15) is 86.0 Å². The molecule has 1 unspecified atom stereocenters. The lowest BCUT2D eigenvalue weighted by Gasteiger charge is -2.35. The zero-order chi connectivity index (χ0) is 14.7. The smallest absolute Gasteiger partial charge is 0.225 e. The summed E-state index contributed by atoms with van der Waals surface area (Å²) in [6.45, 7) is 11.5. The van der Waals surface area contributed by atoms with Crippen LogP contribution in [0.5, 0.6) is 0 Å². The van der Waals surface area contributed by atoms with Gasteiger partial charge in [-0.2, -0.15) is 0 Å². The number of hydrogen-bond acceptors (Lipinski definition) is 1. The number of likely N-dealkylation sites (tertiary alicyclic amines) is 1. The molecule has 2 aliphatic rings. The predicted molar refractivity (Wildman–Crippen MR) is 84.3 cm³/mol. The van der Waals surface area contributed by atoms with E-state index in [1.165, 1.54) is 38.5 Å². The van der Waals surface area contributed by atoms with Crippen LogP contribution in [0.15, 0.2) is 0 Å². The second-order valence-electron chi connectivity index (χ2n) is 5.56. The van der Waals surface area contributed by atoms with Crippen LogP contribution < -0.4 is 0 Å². The summed E-state index contributed by atoms with van der Waals surface area (Å²) in [6, 6.07) is 0.497. The summed E-state index contributed by atoms with van der Waals surface area (Å²) in [5.41, 5.74) is 0. The SMILES string of the molecule is CC.CC1CCCCN1C(=O)C1CCCC1.CCC. The maximum absolute atomic E-state index is 12.1. The van der Waals surface area contributed by atoms with Gasteiger partial charge in [-0.1, -0.05) is 47.0 Å². The van der Waals surface area contributed by atoms with E-state index >= 15 is 0 Å². The molecule has 0 radical (unpaired) electrons. The molecule has 2 heteroatoms. The Morgan fingerprint density at radius 3 is 1.95 bits per heavy atom. The van der Waals surface area contributed by atoms with Crippen molar-refractivity contribution >= 4 is 5.91 Å². The minimum atomic E-state index is 0.371. The molecular formula is C17H35NO. The molecule has 114 valence electrons. The molecule has 1 saturated heterocycles. The summed E-state index contributed by atoms with van der Waals surface area (Å²) in [7, 11) is 0. The molecule has 1 aliphatic carbocycles. The lowest BCUT2D eigenvalue weighted by atomic mass is 9.99. The Morgan fingerprint density at radius 1 is 1.00 bits per heavy atom. The molecule has 1 amide bonds. The normalized spacial score (nSPS) is 23.0. The first-order chi connectivity index (χ1) is 9.20. The van der Waals surface area contributed by atoms with E-state index in [9.17, 15) is 4.79 Å². The van der Waals surface area contributed by atoms with Crippen molar-refractivity contribution in [3.05, 3.63) is 0 Å². The summed E-state index contributed by atoms with van der Waals surface area (Å²) in [4.78, 5) is 14.3. The minimum Gasteiger partial charge on any atom is -0.340 e. The number of carbonyl (C=O) groups is 1. The topological polar surface area (TPSA) is 20.3 Å². The Kier molecular flexibility index (Phi) is 11.0. The number of nitrogens with zero attached hydrogens (tertiary/aromatic N) is 1. The molecule has 0 spiro atoms. The Labute approximate surface area is 120 Å². The third kappa shape index (κ3) is 6.44. The molecule has 0 N–H and O–H groups in total. The quantitative estimate of drug-likeness (QED) is 0.654. The molecule has 19 heavy (non-hydrogen) atoms. The molecular weight excluding hydrogens is 234 g/mol. The van der Waals surface area contributed by atoms with E-state index in [2.05, 4.69) is 25.7 Å². The van der Waals surface area contributed by atoms with Gasteiger partial charge < -0.3 is 4.90 Å². The highest BCUT2D eigenvalue weighted by Crippen LogP contribution is 2.29. The van der Waals surface area contributed by atoms with Crippen molar-refractivity contribution in [3.8, 4) is 0 Å². The average molecular weight is 269 g/mol. The zero-order valence-corrected chi connectivity index (χ0v) is 13.9. The van der Waals surface area contributed by atoms with Crippen molar-refractivity contribution in [1.29, 1.82) is 0 Å². The van der Waals surface area contributed by atoms with Gasteiger partial charge in [0.2, 0.25) is 5.91 Å². The van der Waals surface area contributed by atoms with Gasteiger partial charge in [0.05, 0.1) is 0 Å². The Bertz CT molecular complexity index is 221. The van der Waals surface area contributed by atoms with Crippen molar-refractivity contribution in [2.24, 2.45) is 5.92 Å². The maximum Gasteiger partial charge on any atom is 0.225 e. The van der Waals surface area contributed by atoms with E-state index in [4.69, 9.17) is 0 Å². The van der Waals surface area contributed by atoms with E-state index in [1.807, 2.05) is 13.8 Å². The van der Waals surface area contributed by atoms with E-state index < -0.39 is 0 Å². The summed E-state index contributed by atoms with van der Waals surface area (Å²) in [5.74, 6) is 0.824. The summed E-state index contributed by atoms with van der Waals surface area (Å²) in [5, 5.41) is 0. The fourth-order valence-electron chi connectivity index (χ4n) is 2.83. The Hall–Kier alpha value is -0.530. The highest BCUT2D eigenvalue weighted by atomic mass is 16.2. The van der Waals surface area contributed by atoms with Crippen LogP contribution in [0.4, 0.5) is 0 Å². The van der Waals surface area contributed by atoms with Gasteiger partial charge in [-0.25, -0.2) is 0 Å². The number of carbonyl (C=O) groups excluding carboxylic acids is 1. The molecule has 0 bridgehead atoms. The monoisotopic (exact) mass is 269 g/mol. The molecule has 2 nitrogen and oxygen atoms in total. The Balaban J connectivity index is 0.000000573. The number of piperidine rings is 1. The fourth-order valence-corrected chi connectivity index (χ4v) is 2.83. The minimum absolute atomic E-state index is 0.371. The lowest BCUT2D eigenvalue weighted by Crippen LogP contribution is -2.44. The van der Waals surface area contributed by atoms with Crippen molar-refractivity contribution in [2.75, 3.05) is 6.54 Å². The van der Waals surface area contributed by atoms with Crippen LogP contribution in [0.25, 0.3) is 0 Å². The summed E-state index contributed by atoms with van der Waals surface area (Å²) >= 11 is 0. The number of hydrogen-bond donors (Lipinski definition) is 0. The molecule has 2 fully saturated rings. The molecule has 1 heterocycles. The number of amides is 1. The van der Waals surface area contributed by atoms with Crippen molar-refractivity contribution in [2.45, 2.75) is 92.0 Å². The van der Waals surface area contributed by atoms with Gasteiger partial charge in [0.25, 0.3) is 0 Å². The molecule has 0 aromatic heterocycles. The van der Waals surface area contributed by atoms with Crippen LogP contribution in [0.2, 0.25) is 0 Å². The second kappa shape index (κ2) is 11.3. The van der Waals surface area contributed by atoms with Crippen molar-refractivity contribution in [3.63, 3.8) is 0 Å². The lowest BCUT2D eigenvalue weighted by molar-refractivity contribution is -0.138. The molecule has 0 aromatic rings. The summed E-state index contributed by atoms with van der Waals surface area (Å²) < 4.78 is 0. The first kappa shape index (κ1) is 18.5. The molecule has 0 aromatic carbocycles. The molecule has 2 rings (SSSR count). The van der Waals surface area contributed by atoms with E-state index in [0.717, 1.165) is 19.4 Å². The van der Waals surface area contributed by atoms with Gasteiger partial charge in [0.1, 0.15) is 0 Å². The van der Waals surface area contributed by atoms with E-state index in [-0.39, 0.29) is 0 Å². The third-order valence-electron chi connectivity index (χ3n) is 3.79. The van der Waals surface area contributed by atoms with Gasteiger partial charge in [-0.15, -0.1) is 0 Å². The standard InChI is InChI=1S/C12H21NO.C3H8.C2H6/c1-10-6-4-5-9-13(10)12(14)11-7-2-3-8-11;1-3-2;1-2/h10-11H,2-9H2,1H3;3H2,1-2H3;1-2H3. The van der Waals surface area contributed by atoms with Crippen LogP contribution in [-0.2, 0) is 4.79 Å². The van der Waals surface area contributed by atoms with Gasteiger partial charge in [-0.3, -0.25) is 4.79 Å². The van der Waals surface area contributed by atoms with Gasteiger partial charge >= 0.3 is 0 Å². The van der Waals surface area contributed by atoms with E-state index in [0.29, 0.717) is 17.9 Å². The Morgan fingerprint density at radius 2 is 1.47 bits per heavy atom. The van der Waals surface area contributed by atoms with Crippen LogP contribution >= 0.6 is 0 Å². The van der Waals surface area contributed by atoms with Crippen LogP contribution in [0.3, 0.4) is 0 Å². The second-order valence-corrected chi connectivity index (χ2v) is 5.56. The highest BCUT2D eigenvalue weighted by Gasteiger charge is 2.30. The van der Waals surface area contributed by atoms with Crippen LogP contribution in [0, 0.1) is 5.92 Å². The van der Waals surface area contributed by atoms with Crippen molar-refractivity contribution < 1.29 is 4.79 Å². The highest BCUT2D eigenvalue weighted by molar-refractivity contribution is 5.79. The van der Waals surface area contributed by atoms with Gasteiger partial charge in [0, 0.05) is 18.5 Å². The first-order valence-electron chi connectivity index (χ1n) is 8.51. The van der Waals surface area contributed by atoms with Gasteiger partial charge in [-0.05, 0) is 39.0 Å². The van der Waals surface area contributed by atoms with Crippen LogP contribution in [-0.4, -0.2) is 23.4 Å².